The van der Waals surface area contributed by atoms with E-state index in [-0.39, 0.29) is 51.4 Å². The number of benzene rings is 1. The molecule has 0 aliphatic rings. The second kappa shape index (κ2) is 26.1. The molecule has 0 unspecified atom stereocenters. The van der Waals surface area contributed by atoms with Gasteiger partial charge in [0.15, 0.2) is 0 Å². The van der Waals surface area contributed by atoms with Crippen LogP contribution in [0.4, 0.5) is 0 Å². The zero-order valence-corrected chi connectivity index (χ0v) is 42.2. The van der Waals surface area contributed by atoms with Crippen molar-refractivity contribution in [1.82, 2.24) is 21.4 Å². The molecule has 4 N–H and O–H groups in total. The van der Waals surface area contributed by atoms with Gasteiger partial charge in [-0.3, -0.25) is 28.8 Å². The summed E-state index contributed by atoms with van der Waals surface area (Å²) in [5.74, 6) is -6.73. The predicted molar refractivity (Wildman–Crippen MR) is 245 cm³/mol. The summed E-state index contributed by atoms with van der Waals surface area (Å²) >= 11 is 0. The van der Waals surface area contributed by atoms with E-state index in [1.807, 2.05) is 0 Å². The maximum absolute atomic E-state index is 13.5. The fraction of sp³-hybridized carbons (Fsp3) is 0.688. The maximum Gasteiger partial charge on any atom is 0.329 e. The molecule has 0 aromatic heterocycles. The molecule has 0 saturated heterocycles. The highest BCUT2D eigenvalue weighted by Crippen LogP contribution is 2.17. The molecule has 0 bridgehead atoms. The number of hydroxylamine groups is 1. The van der Waals surface area contributed by atoms with Crippen molar-refractivity contribution in [3.8, 4) is 0 Å². The van der Waals surface area contributed by atoms with Crippen LogP contribution in [0.1, 0.15) is 161 Å². The number of ether oxygens (including phenoxy) is 5. The Morgan fingerprint density at radius 1 is 0.403 bits per heavy atom. The SMILES string of the molecule is CC(C)(C)OC(=O)CC[C@H](NC(=O)CC[C@H](NC(=O)CC[C@H](NC(=O)CC[C@H](NOC(=O)Cc1ccccc1)C(=O)OC(C)(C)C)C(=O)OC(C)(C)C)C(=O)OC(C)(C)C)C(=O)OC(C)(C)C. The highest BCUT2D eigenvalue weighted by Gasteiger charge is 2.33. The summed E-state index contributed by atoms with van der Waals surface area (Å²) < 4.78 is 27.3. The fourth-order valence-corrected chi connectivity index (χ4v) is 5.68. The van der Waals surface area contributed by atoms with Crippen LogP contribution in [0.15, 0.2) is 30.3 Å². The first-order valence-corrected chi connectivity index (χ1v) is 22.5. The Balaban J connectivity index is 3.17. The van der Waals surface area contributed by atoms with Gasteiger partial charge in [0.1, 0.15) is 52.2 Å². The number of hydrogen-bond donors (Lipinski definition) is 4. The first-order valence-electron chi connectivity index (χ1n) is 22.5. The lowest BCUT2D eigenvalue weighted by Crippen LogP contribution is -2.48. The van der Waals surface area contributed by atoms with Crippen LogP contribution < -0.4 is 21.4 Å². The highest BCUT2D eigenvalue weighted by molar-refractivity contribution is 5.89. The largest absolute Gasteiger partial charge is 0.460 e. The van der Waals surface area contributed by atoms with Crippen molar-refractivity contribution in [1.29, 1.82) is 0 Å². The minimum absolute atomic E-state index is 0.0939. The smallest absolute Gasteiger partial charge is 0.329 e. The lowest BCUT2D eigenvalue weighted by molar-refractivity contribution is -0.167. The third-order valence-electron chi connectivity index (χ3n) is 8.31. The first kappa shape index (κ1) is 59.4. The molecular weight excluding hydrogens is 873 g/mol. The first-order chi connectivity index (χ1) is 30.5. The second-order valence-corrected chi connectivity index (χ2v) is 21.0. The molecule has 378 valence electrons. The number of esters is 5. The van der Waals surface area contributed by atoms with E-state index in [2.05, 4.69) is 21.4 Å². The summed E-state index contributed by atoms with van der Waals surface area (Å²) in [5, 5.41) is 7.68. The normalized spacial score (nSPS) is 13.9. The topological polar surface area (TPSA) is 257 Å². The molecule has 19 heteroatoms. The molecule has 1 rings (SSSR count). The maximum atomic E-state index is 13.5. The van der Waals surface area contributed by atoms with E-state index in [1.54, 1.807) is 134 Å². The summed E-state index contributed by atoms with van der Waals surface area (Å²) in [6.45, 7) is 24.7. The summed E-state index contributed by atoms with van der Waals surface area (Å²) in [6.07, 6.45) is -2.40. The van der Waals surface area contributed by atoms with Crippen LogP contribution in [-0.2, 0) is 78.1 Å². The van der Waals surface area contributed by atoms with Gasteiger partial charge in [-0.25, -0.2) is 14.4 Å². The van der Waals surface area contributed by atoms with Crippen LogP contribution in [0, 0.1) is 0 Å². The number of hydrogen-bond acceptors (Lipinski definition) is 16. The van der Waals surface area contributed by atoms with Crippen LogP contribution in [0.25, 0.3) is 0 Å². The van der Waals surface area contributed by atoms with Crippen molar-refractivity contribution < 1.29 is 71.7 Å². The van der Waals surface area contributed by atoms with E-state index >= 15 is 0 Å². The summed E-state index contributed by atoms with van der Waals surface area (Å²) in [7, 11) is 0. The minimum Gasteiger partial charge on any atom is -0.460 e. The zero-order chi connectivity index (χ0) is 51.6. The van der Waals surface area contributed by atoms with Crippen LogP contribution in [0.5, 0.6) is 0 Å². The third-order valence-corrected chi connectivity index (χ3v) is 8.31. The Bertz CT molecular complexity index is 1850. The van der Waals surface area contributed by atoms with Crippen molar-refractivity contribution in [2.45, 2.75) is 214 Å². The quantitative estimate of drug-likeness (QED) is 0.0644. The van der Waals surface area contributed by atoms with Gasteiger partial charge in [-0.2, -0.15) is 0 Å². The van der Waals surface area contributed by atoms with Gasteiger partial charge >= 0.3 is 35.8 Å². The van der Waals surface area contributed by atoms with Crippen molar-refractivity contribution in [3.05, 3.63) is 35.9 Å². The van der Waals surface area contributed by atoms with Crippen LogP contribution in [0.2, 0.25) is 0 Å². The number of amides is 3. The Morgan fingerprint density at radius 3 is 1.03 bits per heavy atom. The third kappa shape index (κ3) is 28.9. The molecule has 1 aromatic carbocycles. The molecular formula is C48H76N4O15. The van der Waals surface area contributed by atoms with Gasteiger partial charge in [0.05, 0.1) is 6.42 Å². The molecule has 0 aliphatic heterocycles. The van der Waals surface area contributed by atoms with E-state index in [9.17, 15) is 43.2 Å². The second-order valence-electron chi connectivity index (χ2n) is 21.0. The monoisotopic (exact) mass is 949 g/mol. The van der Waals surface area contributed by atoms with Crippen LogP contribution in [-0.4, -0.2) is 106 Å². The molecule has 3 amide bonds. The van der Waals surface area contributed by atoms with Crippen LogP contribution in [0.3, 0.4) is 0 Å². The lowest BCUT2D eigenvalue weighted by atomic mass is 10.1. The molecule has 67 heavy (non-hydrogen) atoms. The van der Waals surface area contributed by atoms with E-state index in [4.69, 9.17) is 28.5 Å². The Morgan fingerprint density at radius 2 is 0.701 bits per heavy atom. The summed E-state index contributed by atoms with van der Waals surface area (Å²) in [5.41, 5.74) is -1.49. The van der Waals surface area contributed by atoms with Crippen molar-refractivity contribution in [2.75, 3.05) is 0 Å². The van der Waals surface area contributed by atoms with E-state index < -0.39 is 112 Å². The highest BCUT2D eigenvalue weighted by atomic mass is 16.7. The Kier molecular flexibility index (Phi) is 23.1. The summed E-state index contributed by atoms with van der Waals surface area (Å²) in [6, 6.07) is 3.51. The van der Waals surface area contributed by atoms with E-state index in [0.717, 1.165) is 0 Å². The van der Waals surface area contributed by atoms with Crippen molar-refractivity contribution >= 4 is 53.5 Å². The molecule has 4 atom stereocenters. The summed E-state index contributed by atoms with van der Waals surface area (Å²) in [4.78, 5) is 123. The molecule has 0 fully saturated rings. The van der Waals surface area contributed by atoms with Crippen LogP contribution >= 0.6 is 0 Å². The lowest BCUT2D eigenvalue weighted by Gasteiger charge is -2.26. The van der Waals surface area contributed by atoms with Gasteiger partial charge in [-0.1, -0.05) is 30.3 Å². The predicted octanol–water partition coefficient (Wildman–Crippen LogP) is 4.93. The molecule has 0 spiro atoms. The molecule has 0 aliphatic carbocycles. The van der Waals surface area contributed by atoms with Crippen molar-refractivity contribution in [2.24, 2.45) is 0 Å². The van der Waals surface area contributed by atoms with Gasteiger partial charge in [-0.05, 0) is 135 Å². The zero-order valence-electron chi connectivity index (χ0n) is 42.2. The Hall–Kier alpha value is -5.59. The molecule has 0 saturated carbocycles. The fourth-order valence-electron chi connectivity index (χ4n) is 5.68. The van der Waals surface area contributed by atoms with Gasteiger partial charge in [-0.15, -0.1) is 5.48 Å². The minimum atomic E-state index is -1.37. The van der Waals surface area contributed by atoms with Gasteiger partial charge in [0.25, 0.3) is 0 Å². The van der Waals surface area contributed by atoms with Crippen molar-refractivity contribution in [3.63, 3.8) is 0 Å². The van der Waals surface area contributed by atoms with Gasteiger partial charge in [0, 0.05) is 25.7 Å². The molecule has 19 nitrogen and oxygen atoms in total. The number of rotatable bonds is 23. The van der Waals surface area contributed by atoms with Gasteiger partial charge in [0.2, 0.25) is 17.7 Å². The van der Waals surface area contributed by atoms with Gasteiger partial charge < -0.3 is 44.5 Å². The average Bonchev–Trinajstić information content (AvgIpc) is 3.13. The number of carbonyl (C=O) groups is 9. The Labute approximate surface area is 395 Å². The van der Waals surface area contributed by atoms with E-state index in [0.29, 0.717) is 5.56 Å². The molecule has 1 aromatic rings. The van der Waals surface area contributed by atoms with E-state index in [1.165, 1.54) is 0 Å². The number of carbonyl (C=O) groups excluding carboxylic acids is 9. The average molecular weight is 949 g/mol. The molecule has 0 radical (unpaired) electrons. The molecule has 0 heterocycles. The standard InChI is InChI=1S/C48H76N4O15/c1-44(2,3)62-38(56)28-24-33(42(60)65-47(10,11)12)51-36(54)26-22-31(40(58)63-45(4,5)6)49-35(53)25-21-32(41(59)64-46(7,8)9)50-37(55)27-23-34(43(61)66-48(13,14)15)52-67-39(57)29-30-19-17-16-18-20-30/h16-20,31-34,52H,21-29H2,1-15H3,(H,49,53)(H,50,55)(H,51,54)/t31-,32-,33-,34-/m0/s1. The number of nitrogens with one attached hydrogen (secondary N) is 4.